The molecule has 1 fully saturated rings. The molecule has 2 N–H and O–H groups in total. The normalized spacial score (nSPS) is 14.3. The van der Waals surface area contributed by atoms with Gasteiger partial charge in [0, 0.05) is 38.1 Å². The van der Waals surface area contributed by atoms with Crippen LogP contribution in [-0.4, -0.2) is 36.1 Å². The third-order valence-corrected chi connectivity index (χ3v) is 4.17. The van der Waals surface area contributed by atoms with E-state index in [0.717, 1.165) is 36.5 Å². The minimum atomic E-state index is -0.453. The minimum Gasteiger partial charge on any atom is -0.353 e. The van der Waals surface area contributed by atoms with E-state index >= 15 is 0 Å². The number of hydrogen-bond acceptors (Lipinski definition) is 5. The number of nitrogens with one attached hydrogen (secondary N) is 2. The number of anilines is 3. The maximum atomic E-state index is 13.2. The first kappa shape index (κ1) is 18.2. The molecular formula is C14H15BrCl2FN5. The molecule has 1 aromatic carbocycles. The highest BCUT2D eigenvalue weighted by Gasteiger charge is 2.16. The summed E-state index contributed by atoms with van der Waals surface area (Å²) in [6.07, 6.45) is 1.71. The van der Waals surface area contributed by atoms with Crippen LogP contribution in [0.1, 0.15) is 0 Å². The van der Waals surface area contributed by atoms with Gasteiger partial charge in [-0.1, -0.05) is 11.6 Å². The molecule has 3 rings (SSSR count). The molecule has 0 atom stereocenters. The summed E-state index contributed by atoms with van der Waals surface area (Å²) in [5.74, 6) is 0.831. The molecule has 0 unspecified atom stereocenters. The third kappa shape index (κ3) is 4.44. The first-order chi connectivity index (χ1) is 10.6. The Bertz CT molecular complexity index is 682. The zero-order valence-electron chi connectivity index (χ0n) is 12.0. The van der Waals surface area contributed by atoms with Crippen molar-refractivity contribution in [2.24, 2.45) is 0 Å². The fraction of sp³-hybridized carbons (Fsp3) is 0.286. The van der Waals surface area contributed by atoms with Crippen LogP contribution in [-0.2, 0) is 0 Å². The molecule has 1 aromatic heterocycles. The Hall–Kier alpha value is -1.15. The Morgan fingerprint density at radius 3 is 2.74 bits per heavy atom. The summed E-state index contributed by atoms with van der Waals surface area (Å²) in [6, 6.07) is 4.41. The summed E-state index contributed by atoms with van der Waals surface area (Å²) in [5.41, 5.74) is 0.639. The summed E-state index contributed by atoms with van der Waals surface area (Å²) in [4.78, 5) is 11.0. The Morgan fingerprint density at radius 2 is 2.04 bits per heavy atom. The number of hydrogen-bond donors (Lipinski definition) is 2. The summed E-state index contributed by atoms with van der Waals surface area (Å²) in [5, 5.41) is 6.41. The second-order valence-corrected chi connectivity index (χ2v) is 6.12. The van der Waals surface area contributed by atoms with Crippen LogP contribution in [0, 0.1) is 5.82 Å². The standard InChI is InChI=1S/C14H14BrClFN5.ClH/c15-10-8-19-14(20-9-1-2-12(17)11(16)7-9)21-13(10)22-5-3-18-4-6-22;/h1-2,7-8,18H,3-6H2,(H,19,20,21);1H. The third-order valence-electron chi connectivity index (χ3n) is 3.32. The molecule has 0 saturated carbocycles. The predicted molar refractivity (Wildman–Crippen MR) is 96.8 cm³/mol. The van der Waals surface area contributed by atoms with Crippen LogP contribution in [0.5, 0.6) is 0 Å². The van der Waals surface area contributed by atoms with Gasteiger partial charge in [0.15, 0.2) is 0 Å². The summed E-state index contributed by atoms with van der Waals surface area (Å²) >= 11 is 9.27. The molecule has 0 amide bonds. The van der Waals surface area contributed by atoms with E-state index in [1.165, 1.54) is 12.1 Å². The lowest BCUT2D eigenvalue weighted by Crippen LogP contribution is -2.44. The summed E-state index contributed by atoms with van der Waals surface area (Å²) < 4.78 is 14.0. The smallest absolute Gasteiger partial charge is 0.229 e. The molecule has 2 heterocycles. The summed E-state index contributed by atoms with van der Waals surface area (Å²) in [6.45, 7) is 3.62. The van der Waals surface area contributed by atoms with Crippen LogP contribution in [0.25, 0.3) is 0 Å². The van der Waals surface area contributed by atoms with Crippen LogP contribution >= 0.6 is 39.9 Å². The van der Waals surface area contributed by atoms with E-state index in [0.29, 0.717) is 11.6 Å². The molecular weight excluding hydrogens is 408 g/mol. The van der Waals surface area contributed by atoms with Gasteiger partial charge in [0.25, 0.3) is 0 Å². The van der Waals surface area contributed by atoms with Crippen LogP contribution in [0.3, 0.4) is 0 Å². The van der Waals surface area contributed by atoms with Gasteiger partial charge in [-0.25, -0.2) is 9.37 Å². The molecule has 9 heteroatoms. The van der Waals surface area contributed by atoms with Gasteiger partial charge in [-0.3, -0.25) is 0 Å². The van der Waals surface area contributed by atoms with E-state index in [-0.39, 0.29) is 17.4 Å². The Labute approximate surface area is 153 Å². The van der Waals surface area contributed by atoms with Crippen molar-refractivity contribution in [3.05, 3.63) is 39.7 Å². The van der Waals surface area contributed by atoms with Crippen LogP contribution in [0.15, 0.2) is 28.9 Å². The maximum Gasteiger partial charge on any atom is 0.229 e. The average Bonchev–Trinajstić information content (AvgIpc) is 2.54. The molecule has 124 valence electrons. The fourth-order valence-electron chi connectivity index (χ4n) is 2.22. The molecule has 0 aliphatic carbocycles. The van der Waals surface area contributed by atoms with E-state index in [1.54, 1.807) is 12.3 Å². The van der Waals surface area contributed by atoms with E-state index in [1.807, 2.05) is 0 Å². The Kier molecular flexibility index (Phi) is 6.41. The quantitative estimate of drug-likeness (QED) is 0.791. The van der Waals surface area contributed by atoms with Gasteiger partial charge in [0.2, 0.25) is 5.95 Å². The van der Waals surface area contributed by atoms with Gasteiger partial charge >= 0.3 is 0 Å². The lowest BCUT2D eigenvalue weighted by atomic mass is 10.3. The number of rotatable bonds is 3. The monoisotopic (exact) mass is 421 g/mol. The van der Waals surface area contributed by atoms with Crippen molar-refractivity contribution in [2.45, 2.75) is 0 Å². The van der Waals surface area contributed by atoms with E-state index in [2.05, 4.69) is 41.4 Å². The lowest BCUT2D eigenvalue weighted by Gasteiger charge is -2.29. The first-order valence-corrected chi connectivity index (χ1v) is 8.01. The number of piperazine rings is 1. The molecule has 1 aliphatic rings. The van der Waals surface area contributed by atoms with Gasteiger partial charge in [0.1, 0.15) is 11.6 Å². The molecule has 1 aliphatic heterocycles. The molecule has 23 heavy (non-hydrogen) atoms. The molecule has 5 nitrogen and oxygen atoms in total. The van der Waals surface area contributed by atoms with Gasteiger partial charge in [0.05, 0.1) is 9.50 Å². The van der Waals surface area contributed by atoms with Crippen molar-refractivity contribution in [3.63, 3.8) is 0 Å². The van der Waals surface area contributed by atoms with Gasteiger partial charge in [-0.05, 0) is 34.1 Å². The Morgan fingerprint density at radius 1 is 1.30 bits per heavy atom. The van der Waals surface area contributed by atoms with Crippen molar-refractivity contribution in [2.75, 3.05) is 36.4 Å². The van der Waals surface area contributed by atoms with Crippen LogP contribution in [0.4, 0.5) is 21.8 Å². The average molecular weight is 423 g/mol. The SMILES string of the molecule is Cl.Fc1ccc(Nc2ncc(Br)c(N3CCNCC3)n2)cc1Cl. The number of nitrogens with zero attached hydrogens (tertiary/aromatic N) is 3. The van der Waals surface area contributed by atoms with Crippen molar-refractivity contribution >= 4 is 57.4 Å². The number of halogens is 4. The molecule has 0 bridgehead atoms. The topological polar surface area (TPSA) is 53.1 Å². The highest BCUT2D eigenvalue weighted by atomic mass is 79.9. The first-order valence-electron chi connectivity index (χ1n) is 6.84. The Balaban J connectivity index is 0.00000192. The predicted octanol–water partition coefficient (Wildman–Crippen LogP) is 3.61. The van der Waals surface area contributed by atoms with Crippen molar-refractivity contribution in [1.29, 1.82) is 0 Å². The highest BCUT2D eigenvalue weighted by molar-refractivity contribution is 9.10. The van der Waals surface area contributed by atoms with Gasteiger partial charge < -0.3 is 15.5 Å². The zero-order valence-corrected chi connectivity index (χ0v) is 15.2. The van der Waals surface area contributed by atoms with Crippen molar-refractivity contribution < 1.29 is 4.39 Å². The summed E-state index contributed by atoms with van der Waals surface area (Å²) in [7, 11) is 0. The second kappa shape index (κ2) is 8.10. The van der Waals surface area contributed by atoms with E-state index in [9.17, 15) is 4.39 Å². The molecule has 0 spiro atoms. The second-order valence-electron chi connectivity index (χ2n) is 4.86. The molecule has 0 radical (unpaired) electrons. The fourth-order valence-corrected chi connectivity index (χ4v) is 2.84. The van der Waals surface area contributed by atoms with E-state index < -0.39 is 5.82 Å². The van der Waals surface area contributed by atoms with Crippen molar-refractivity contribution in [3.8, 4) is 0 Å². The van der Waals surface area contributed by atoms with Crippen LogP contribution < -0.4 is 15.5 Å². The number of benzene rings is 1. The molecule has 2 aromatic rings. The maximum absolute atomic E-state index is 13.2. The zero-order chi connectivity index (χ0) is 15.5. The van der Waals surface area contributed by atoms with E-state index in [4.69, 9.17) is 11.6 Å². The lowest BCUT2D eigenvalue weighted by molar-refractivity contribution is 0.584. The minimum absolute atomic E-state index is 0. The van der Waals surface area contributed by atoms with Gasteiger partial charge in [-0.15, -0.1) is 12.4 Å². The largest absolute Gasteiger partial charge is 0.353 e. The highest BCUT2D eigenvalue weighted by Crippen LogP contribution is 2.26. The van der Waals surface area contributed by atoms with Gasteiger partial charge in [-0.2, -0.15) is 4.98 Å². The van der Waals surface area contributed by atoms with Crippen molar-refractivity contribution in [1.82, 2.24) is 15.3 Å². The number of aromatic nitrogens is 2. The molecule has 1 saturated heterocycles. The van der Waals surface area contributed by atoms with Crippen LogP contribution in [0.2, 0.25) is 5.02 Å².